The summed E-state index contributed by atoms with van der Waals surface area (Å²) in [7, 11) is 1.90. The Balaban J connectivity index is 2.06. The first kappa shape index (κ1) is 11.7. The van der Waals surface area contributed by atoms with Gasteiger partial charge in [-0.25, -0.2) is 9.97 Å². The zero-order valence-electron chi connectivity index (χ0n) is 10.6. The van der Waals surface area contributed by atoms with Crippen LogP contribution in [0.1, 0.15) is 17.4 Å². The van der Waals surface area contributed by atoms with E-state index in [0.29, 0.717) is 0 Å². The molecular weight excluding hydrogens is 236 g/mol. The van der Waals surface area contributed by atoms with Crippen molar-refractivity contribution in [1.29, 1.82) is 0 Å². The highest BCUT2D eigenvalue weighted by atomic mass is 15.0. The molecule has 1 atom stereocenters. The number of para-hydroxylation sites is 1. The van der Waals surface area contributed by atoms with E-state index in [9.17, 15) is 0 Å². The maximum Gasteiger partial charge on any atom is 0.149 e. The van der Waals surface area contributed by atoms with Gasteiger partial charge in [0.15, 0.2) is 0 Å². The Kier molecular flexibility index (Phi) is 3.16. The van der Waals surface area contributed by atoms with E-state index < -0.39 is 0 Å². The molecule has 2 heterocycles. The van der Waals surface area contributed by atoms with Gasteiger partial charge in [0.25, 0.3) is 0 Å². The first-order chi connectivity index (χ1) is 9.38. The topological polar surface area (TPSA) is 50.7 Å². The second kappa shape index (κ2) is 5.12. The van der Waals surface area contributed by atoms with E-state index in [0.717, 1.165) is 22.3 Å². The fourth-order valence-electron chi connectivity index (χ4n) is 2.15. The van der Waals surface area contributed by atoms with E-state index in [1.54, 1.807) is 12.4 Å². The predicted molar refractivity (Wildman–Crippen MR) is 74.7 cm³/mol. The second-order valence-electron chi connectivity index (χ2n) is 4.29. The molecular formula is C15H14N4. The van der Waals surface area contributed by atoms with Gasteiger partial charge in [-0.05, 0) is 30.8 Å². The van der Waals surface area contributed by atoms with Crippen LogP contribution < -0.4 is 5.32 Å². The average Bonchev–Trinajstić information content (AvgIpc) is 2.49. The molecule has 94 valence electrons. The standard InChI is InChI=1S/C15H14N4/c1-16-14(15-17-7-4-8-18-15)12-9-11-5-2-3-6-13(11)19-10-12/h2-10,14,16H,1H3. The summed E-state index contributed by atoms with van der Waals surface area (Å²) < 4.78 is 0. The Labute approximate surface area is 111 Å². The highest BCUT2D eigenvalue weighted by Gasteiger charge is 2.15. The van der Waals surface area contributed by atoms with Gasteiger partial charge in [0.1, 0.15) is 5.82 Å². The highest BCUT2D eigenvalue weighted by molar-refractivity contribution is 5.78. The minimum atomic E-state index is -0.0432. The predicted octanol–water partition coefficient (Wildman–Crippen LogP) is 2.33. The number of pyridine rings is 1. The number of fused-ring (bicyclic) bond motifs is 1. The molecule has 1 aromatic carbocycles. The molecule has 0 fully saturated rings. The van der Waals surface area contributed by atoms with Gasteiger partial charge in [0.05, 0.1) is 11.6 Å². The molecule has 3 aromatic rings. The van der Waals surface area contributed by atoms with E-state index in [1.807, 2.05) is 37.5 Å². The minimum absolute atomic E-state index is 0.0432. The van der Waals surface area contributed by atoms with Gasteiger partial charge >= 0.3 is 0 Å². The summed E-state index contributed by atoms with van der Waals surface area (Å²) in [4.78, 5) is 13.1. The van der Waals surface area contributed by atoms with Crippen LogP contribution in [0.2, 0.25) is 0 Å². The molecule has 2 aromatic heterocycles. The van der Waals surface area contributed by atoms with Crippen LogP contribution in [0.4, 0.5) is 0 Å². The quantitative estimate of drug-likeness (QED) is 0.775. The monoisotopic (exact) mass is 250 g/mol. The van der Waals surface area contributed by atoms with Gasteiger partial charge in [-0.15, -0.1) is 0 Å². The van der Waals surface area contributed by atoms with Crippen molar-refractivity contribution >= 4 is 10.9 Å². The van der Waals surface area contributed by atoms with Crippen LogP contribution in [0.15, 0.2) is 55.0 Å². The molecule has 0 aliphatic carbocycles. The fraction of sp³-hybridized carbons (Fsp3) is 0.133. The molecule has 1 unspecified atom stereocenters. The van der Waals surface area contributed by atoms with Gasteiger partial charge < -0.3 is 5.32 Å². The third-order valence-corrected chi connectivity index (χ3v) is 3.08. The Bertz CT molecular complexity index is 682. The second-order valence-corrected chi connectivity index (χ2v) is 4.29. The summed E-state index contributed by atoms with van der Waals surface area (Å²) in [5, 5.41) is 4.36. The van der Waals surface area contributed by atoms with E-state index in [4.69, 9.17) is 0 Å². The molecule has 0 bridgehead atoms. The Morgan fingerprint density at radius 3 is 2.58 bits per heavy atom. The summed E-state index contributed by atoms with van der Waals surface area (Å²) in [6.45, 7) is 0. The zero-order valence-corrected chi connectivity index (χ0v) is 10.6. The molecule has 4 nitrogen and oxygen atoms in total. The van der Waals surface area contributed by atoms with Crippen molar-refractivity contribution in [2.45, 2.75) is 6.04 Å². The molecule has 0 aliphatic heterocycles. The van der Waals surface area contributed by atoms with Crippen molar-refractivity contribution in [3.05, 3.63) is 66.4 Å². The summed E-state index contributed by atoms with van der Waals surface area (Å²) in [5.41, 5.74) is 2.06. The molecule has 0 aliphatic rings. The van der Waals surface area contributed by atoms with Crippen LogP contribution in [0, 0.1) is 0 Å². The lowest BCUT2D eigenvalue weighted by Crippen LogP contribution is -2.20. The summed E-state index contributed by atoms with van der Waals surface area (Å²) in [6, 6.07) is 12.0. The third kappa shape index (κ3) is 2.30. The van der Waals surface area contributed by atoms with Crippen LogP contribution in [0.5, 0.6) is 0 Å². The van der Waals surface area contributed by atoms with Crippen LogP contribution in [0.3, 0.4) is 0 Å². The number of aromatic nitrogens is 3. The molecule has 0 saturated carbocycles. The third-order valence-electron chi connectivity index (χ3n) is 3.08. The zero-order chi connectivity index (χ0) is 13.1. The molecule has 4 heteroatoms. The first-order valence-electron chi connectivity index (χ1n) is 6.17. The van der Waals surface area contributed by atoms with Crippen molar-refractivity contribution in [1.82, 2.24) is 20.3 Å². The van der Waals surface area contributed by atoms with E-state index in [2.05, 4.69) is 32.4 Å². The molecule has 0 saturated heterocycles. The van der Waals surface area contributed by atoms with Gasteiger partial charge in [-0.3, -0.25) is 4.98 Å². The highest BCUT2D eigenvalue weighted by Crippen LogP contribution is 2.21. The number of benzene rings is 1. The number of hydrogen-bond acceptors (Lipinski definition) is 4. The molecule has 0 amide bonds. The Hall–Kier alpha value is -2.33. The van der Waals surface area contributed by atoms with Gasteiger partial charge in [-0.2, -0.15) is 0 Å². The van der Waals surface area contributed by atoms with Crippen molar-refractivity contribution in [2.75, 3.05) is 7.05 Å². The molecule has 19 heavy (non-hydrogen) atoms. The van der Waals surface area contributed by atoms with Crippen molar-refractivity contribution in [3.63, 3.8) is 0 Å². The van der Waals surface area contributed by atoms with E-state index in [1.165, 1.54) is 0 Å². The Morgan fingerprint density at radius 1 is 1.00 bits per heavy atom. The molecule has 3 rings (SSSR count). The maximum absolute atomic E-state index is 4.48. The maximum atomic E-state index is 4.48. The van der Waals surface area contributed by atoms with Gasteiger partial charge in [0, 0.05) is 24.0 Å². The summed E-state index contributed by atoms with van der Waals surface area (Å²) in [6.07, 6.45) is 5.38. The smallest absolute Gasteiger partial charge is 0.149 e. The van der Waals surface area contributed by atoms with Gasteiger partial charge in [-0.1, -0.05) is 18.2 Å². The largest absolute Gasteiger partial charge is 0.307 e. The SMILES string of the molecule is CNC(c1cnc2ccccc2c1)c1ncccn1. The van der Waals surface area contributed by atoms with Crippen LogP contribution >= 0.6 is 0 Å². The minimum Gasteiger partial charge on any atom is -0.307 e. The molecule has 0 radical (unpaired) electrons. The van der Waals surface area contributed by atoms with E-state index >= 15 is 0 Å². The fourth-order valence-corrected chi connectivity index (χ4v) is 2.15. The number of rotatable bonds is 3. The summed E-state index contributed by atoms with van der Waals surface area (Å²) in [5.74, 6) is 0.752. The lowest BCUT2D eigenvalue weighted by atomic mass is 10.1. The molecule has 1 N–H and O–H groups in total. The number of hydrogen-bond donors (Lipinski definition) is 1. The lowest BCUT2D eigenvalue weighted by Gasteiger charge is -2.15. The lowest BCUT2D eigenvalue weighted by molar-refractivity contribution is 0.645. The van der Waals surface area contributed by atoms with Crippen molar-refractivity contribution in [3.8, 4) is 0 Å². The first-order valence-corrected chi connectivity index (χ1v) is 6.17. The number of nitrogens with one attached hydrogen (secondary N) is 1. The number of nitrogens with zero attached hydrogens (tertiary/aromatic N) is 3. The van der Waals surface area contributed by atoms with Gasteiger partial charge in [0.2, 0.25) is 0 Å². The van der Waals surface area contributed by atoms with Crippen LogP contribution in [-0.2, 0) is 0 Å². The normalized spacial score (nSPS) is 12.5. The van der Waals surface area contributed by atoms with Crippen molar-refractivity contribution < 1.29 is 0 Å². The molecule has 0 spiro atoms. The summed E-state index contributed by atoms with van der Waals surface area (Å²) >= 11 is 0. The van der Waals surface area contributed by atoms with Crippen molar-refractivity contribution in [2.24, 2.45) is 0 Å². The Morgan fingerprint density at radius 2 is 1.79 bits per heavy atom. The van der Waals surface area contributed by atoms with Crippen LogP contribution in [0.25, 0.3) is 10.9 Å². The average molecular weight is 250 g/mol. The van der Waals surface area contributed by atoms with Crippen LogP contribution in [-0.4, -0.2) is 22.0 Å². The van der Waals surface area contributed by atoms with E-state index in [-0.39, 0.29) is 6.04 Å².